The van der Waals surface area contributed by atoms with Crippen molar-refractivity contribution in [2.75, 3.05) is 44.8 Å². The normalized spacial score (nSPS) is 19.8. The average molecular weight is 836 g/mol. The third-order valence-electron chi connectivity index (χ3n) is 11.9. The first-order chi connectivity index (χ1) is 30.3. The van der Waals surface area contributed by atoms with E-state index in [9.17, 15) is 24.0 Å². The summed E-state index contributed by atoms with van der Waals surface area (Å²) in [5, 5.41) is 8.91. The molecule has 0 spiro atoms. The van der Waals surface area contributed by atoms with Crippen molar-refractivity contribution >= 4 is 35.2 Å². The van der Waals surface area contributed by atoms with Crippen molar-refractivity contribution < 1.29 is 33.4 Å². The highest BCUT2D eigenvalue weighted by Gasteiger charge is 2.41. The Kier molecular flexibility index (Phi) is 11.9. The number of carbonyl (C=O) groups is 5. The number of nitrogens with one attached hydrogen (secondary N) is 4. The summed E-state index contributed by atoms with van der Waals surface area (Å²) in [5.74, 6) is -0.690. The van der Waals surface area contributed by atoms with Crippen LogP contribution < -0.4 is 16.0 Å². The van der Waals surface area contributed by atoms with E-state index in [2.05, 4.69) is 25.9 Å². The van der Waals surface area contributed by atoms with Crippen LogP contribution in [0.4, 0.5) is 5.69 Å². The van der Waals surface area contributed by atoms with Gasteiger partial charge in [-0.15, -0.1) is 0 Å². The van der Waals surface area contributed by atoms with E-state index in [1.807, 2.05) is 109 Å². The first-order valence-corrected chi connectivity index (χ1v) is 21.3. The van der Waals surface area contributed by atoms with Gasteiger partial charge in [-0.25, -0.2) is 4.98 Å². The first kappa shape index (κ1) is 40.7. The van der Waals surface area contributed by atoms with Gasteiger partial charge in [0.25, 0.3) is 11.8 Å². The summed E-state index contributed by atoms with van der Waals surface area (Å²) in [5.41, 5.74) is 5.54. The van der Waals surface area contributed by atoms with E-state index in [0.29, 0.717) is 30.2 Å². The van der Waals surface area contributed by atoms with Crippen molar-refractivity contribution in [1.82, 2.24) is 30.4 Å². The van der Waals surface area contributed by atoms with Gasteiger partial charge in [0, 0.05) is 30.6 Å². The van der Waals surface area contributed by atoms with E-state index in [1.54, 1.807) is 11.1 Å². The van der Waals surface area contributed by atoms with Crippen LogP contribution in [0.5, 0.6) is 0 Å². The second-order valence-corrected chi connectivity index (χ2v) is 16.3. The van der Waals surface area contributed by atoms with Crippen LogP contribution in [0.1, 0.15) is 60.8 Å². The molecule has 4 atom stereocenters. The van der Waals surface area contributed by atoms with Crippen LogP contribution in [-0.2, 0) is 33.4 Å². The Hall–Kier alpha value is -6.64. The number of ether oxygens (including phenoxy) is 2. The molecule has 0 bridgehead atoms. The van der Waals surface area contributed by atoms with Gasteiger partial charge in [0.2, 0.25) is 17.7 Å². The van der Waals surface area contributed by atoms with Gasteiger partial charge < -0.3 is 40.2 Å². The molecule has 3 heterocycles. The monoisotopic (exact) mass is 835 g/mol. The van der Waals surface area contributed by atoms with Gasteiger partial charge >= 0.3 is 0 Å². The topological polar surface area (TPSA) is 175 Å². The predicted molar refractivity (Wildman–Crippen MR) is 230 cm³/mol. The van der Waals surface area contributed by atoms with Gasteiger partial charge in [-0.3, -0.25) is 24.0 Å². The number of hydrogen-bond acceptors (Lipinski definition) is 8. The SMILES string of the molecule is O=C(N[C@@H](C(=O)N1CCOC[C@H]1C(=O)Nc1ccc(-c2ccc(-c3cnc([C@@H]4COCCN4C(=O)[C@H](NC(=O)C4CC4)c4ccccc4)[nH]3)cc2)cc1)c1ccccc1)C1CC1. The fourth-order valence-electron chi connectivity index (χ4n) is 8.05. The largest absolute Gasteiger partial charge is 0.377 e. The lowest BCUT2D eigenvalue weighted by atomic mass is 10.0. The molecule has 14 nitrogen and oxygen atoms in total. The number of rotatable bonds is 13. The molecule has 9 rings (SSSR count). The smallest absolute Gasteiger partial charge is 0.250 e. The number of amides is 5. The summed E-state index contributed by atoms with van der Waals surface area (Å²) in [7, 11) is 0. The van der Waals surface area contributed by atoms with Gasteiger partial charge in [0.1, 0.15) is 30.0 Å². The summed E-state index contributed by atoms with van der Waals surface area (Å²) in [6.07, 6.45) is 5.05. The Bertz CT molecular complexity index is 2400. The number of carbonyl (C=O) groups excluding carboxylic acids is 5. The molecule has 62 heavy (non-hydrogen) atoms. The third-order valence-corrected chi connectivity index (χ3v) is 11.9. The maximum atomic E-state index is 14.2. The van der Waals surface area contributed by atoms with Crippen LogP contribution >= 0.6 is 0 Å². The summed E-state index contributed by atoms with van der Waals surface area (Å²) in [6, 6.07) is 30.9. The lowest BCUT2D eigenvalue weighted by molar-refractivity contribution is -0.149. The highest BCUT2D eigenvalue weighted by atomic mass is 16.5. The molecular weight excluding hydrogens is 787 g/mol. The quantitative estimate of drug-likeness (QED) is 0.123. The summed E-state index contributed by atoms with van der Waals surface area (Å²) < 4.78 is 11.5. The van der Waals surface area contributed by atoms with Crippen molar-refractivity contribution in [3.8, 4) is 22.4 Å². The van der Waals surface area contributed by atoms with Crippen molar-refractivity contribution in [3.05, 3.63) is 132 Å². The minimum Gasteiger partial charge on any atom is -0.377 e. The fraction of sp³-hybridized carbons (Fsp3) is 0.333. The van der Waals surface area contributed by atoms with E-state index in [4.69, 9.17) is 9.47 Å². The third kappa shape index (κ3) is 9.16. The van der Waals surface area contributed by atoms with Gasteiger partial charge in [0.05, 0.1) is 38.3 Å². The van der Waals surface area contributed by atoms with E-state index in [-0.39, 0.29) is 67.7 Å². The fourth-order valence-corrected chi connectivity index (χ4v) is 8.05. The molecular formula is C48H49N7O7. The molecule has 5 amide bonds. The zero-order valence-electron chi connectivity index (χ0n) is 34.2. The standard InChI is InChI=1S/C48H49N7O7/c56-44(35-15-16-35)52-41(33-7-3-1-4-8-33)47(59)54-23-25-61-28-39(54)43-49-27-38(51-43)32-13-11-30(12-14-32)31-19-21-37(22-20-31)50-46(58)40-29-62-26-24-55(40)48(60)42(34-9-5-2-6-10-34)53-45(57)36-17-18-36/h1-14,19-22,27,35-36,39-42H,15-18,23-26,28-29H2,(H,49,51)(H,50,58)(H,52,56)(H,53,57)/t39-,40-,41+,42+/m0/s1. The van der Waals surface area contributed by atoms with Gasteiger partial charge in [-0.05, 0) is 65.6 Å². The number of nitrogens with zero attached hydrogens (tertiary/aromatic N) is 3. The molecule has 318 valence electrons. The van der Waals surface area contributed by atoms with Crippen LogP contribution in [-0.4, -0.2) is 94.9 Å². The Labute approximate surface area is 359 Å². The molecule has 4 aromatic carbocycles. The Balaban J connectivity index is 0.846. The van der Waals surface area contributed by atoms with Crippen LogP contribution in [0.25, 0.3) is 22.4 Å². The minimum atomic E-state index is -0.905. The number of benzene rings is 4. The minimum absolute atomic E-state index is 0.0389. The number of H-pyrrole nitrogens is 1. The molecule has 2 aliphatic heterocycles. The average Bonchev–Trinajstić information content (AvgIpc) is 4.28. The molecule has 0 unspecified atom stereocenters. The second kappa shape index (κ2) is 18.1. The maximum Gasteiger partial charge on any atom is 0.250 e. The van der Waals surface area contributed by atoms with Crippen molar-refractivity contribution in [1.29, 1.82) is 0 Å². The summed E-state index contributed by atoms with van der Waals surface area (Å²) in [6.45, 7) is 1.56. The Morgan fingerprint density at radius 3 is 1.66 bits per heavy atom. The number of morpholine rings is 2. The molecule has 5 aromatic rings. The number of imidazole rings is 1. The number of aromatic nitrogens is 2. The zero-order valence-corrected chi connectivity index (χ0v) is 34.2. The van der Waals surface area contributed by atoms with Gasteiger partial charge in [0.15, 0.2) is 0 Å². The molecule has 4 fully saturated rings. The summed E-state index contributed by atoms with van der Waals surface area (Å²) >= 11 is 0. The Morgan fingerprint density at radius 1 is 0.597 bits per heavy atom. The molecule has 2 saturated heterocycles. The number of anilines is 1. The highest BCUT2D eigenvalue weighted by Crippen LogP contribution is 2.33. The van der Waals surface area contributed by atoms with Crippen LogP contribution in [0, 0.1) is 11.8 Å². The highest BCUT2D eigenvalue weighted by molar-refractivity contribution is 5.99. The van der Waals surface area contributed by atoms with E-state index < -0.39 is 24.2 Å². The lowest BCUT2D eigenvalue weighted by Crippen LogP contribution is -2.57. The lowest BCUT2D eigenvalue weighted by Gasteiger charge is -2.37. The number of aromatic amines is 1. The van der Waals surface area contributed by atoms with Crippen molar-refractivity contribution in [2.45, 2.75) is 49.9 Å². The van der Waals surface area contributed by atoms with Crippen LogP contribution in [0.15, 0.2) is 115 Å². The van der Waals surface area contributed by atoms with Crippen molar-refractivity contribution in [2.24, 2.45) is 11.8 Å². The summed E-state index contributed by atoms with van der Waals surface area (Å²) in [4.78, 5) is 78.9. The zero-order chi connectivity index (χ0) is 42.6. The van der Waals surface area contributed by atoms with Crippen molar-refractivity contribution in [3.63, 3.8) is 0 Å². The molecule has 0 radical (unpaired) electrons. The molecule has 2 saturated carbocycles. The molecule has 14 heteroatoms. The van der Waals surface area contributed by atoms with E-state index >= 15 is 0 Å². The van der Waals surface area contributed by atoms with Gasteiger partial charge in [-0.1, -0.05) is 97.1 Å². The van der Waals surface area contributed by atoms with Gasteiger partial charge in [-0.2, -0.15) is 0 Å². The Morgan fingerprint density at radius 2 is 1.10 bits per heavy atom. The number of hydrogen-bond donors (Lipinski definition) is 4. The van der Waals surface area contributed by atoms with Crippen LogP contribution in [0.3, 0.4) is 0 Å². The predicted octanol–water partition coefficient (Wildman–Crippen LogP) is 5.34. The van der Waals surface area contributed by atoms with Crippen LogP contribution in [0.2, 0.25) is 0 Å². The first-order valence-electron chi connectivity index (χ1n) is 21.3. The second-order valence-electron chi connectivity index (χ2n) is 16.3. The maximum absolute atomic E-state index is 14.2. The van der Waals surface area contributed by atoms with E-state index in [1.165, 1.54) is 4.90 Å². The molecule has 2 aliphatic carbocycles. The van der Waals surface area contributed by atoms with E-state index in [0.717, 1.165) is 53.6 Å². The molecule has 4 aliphatic rings. The molecule has 4 N–H and O–H groups in total. The molecule has 1 aromatic heterocycles.